The van der Waals surface area contributed by atoms with Gasteiger partial charge in [0.2, 0.25) is 0 Å². The van der Waals surface area contributed by atoms with Gasteiger partial charge in [-0.3, -0.25) is 4.90 Å². The van der Waals surface area contributed by atoms with Crippen molar-refractivity contribution in [3.05, 3.63) is 59.3 Å². The molecule has 3 heteroatoms. The molecular weight excluding hydrogens is 234 g/mol. The topological polar surface area (TPSA) is 28.2 Å². The molecule has 0 saturated carbocycles. The van der Waals surface area contributed by atoms with Gasteiger partial charge in [0.25, 0.3) is 0 Å². The number of nitrogens with one attached hydrogen (secondary N) is 1. The van der Waals surface area contributed by atoms with Crippen molar-refractivity contribution in [2.24, 2.45) is 0 Å². The van der Waals surface area contributed by atoms with Crippen molar-refractivity contribution in [1.29, 1.82) is 0 Å². The van der Waals surface area contributed by atoms with Crippen LogP contribution in [0.25, 0.3) is 0 Å². The van der Waals surface area contributed by atoms with Crippen LogP contribution in [0.3, 0.4) is 0 Å². The molecule has 2 aromatic rings. The van der Waals surface area contributed by atoms with Gasteiger partial charge in [0.05, 0.1) is 5.69 Å². The Labute approximate surface area is 115 Å². The quantitative estimate of drug-likeness (QED) is 0.890. The molecular formula is C16H21N3. The molecule has 0 bridgehead atoms. The fraction of sp³-hybridized carbons (Fsp3) is 0.312. The van der Waals surface area contributed by atoms with E-state index in [0.29, 0.717) is 0 Å². The summed E-state index contributed by atoms with van der Waals surface area (Å²) in [4.78, 5) is 6.82. The van der Waals surface area contributed by atoms with Crippen LogP contribution in [-0.4, -0.2) is 24.0 Å². The highest BCUT2D eigenvalue weighted by molar-refractivity contribution is 5.34. The molecule has 19 heavy (non-hydrogen) atoms. The summed E-state index contributed by atoms with van der Waals surface area (Å²) in [6, 6.07) is 14.6. The molecule has 0 saturated heterocycles. The minimum Gasteiger partial charge on any atom is -0.373 e. The Bertz CT molecular complexity index is 537. The Morgan fingerprint density at radius 2 is 1.84 bits per heavy atom. The Morgan fingerprint density at radius 3 is 2.58 bits per heavy atom. The first-order valence-electron chi connectivity index (χ1n) is 6.56. The van der Waals surface area contributed by atoms with Crippen LogP contribution < -0.4 is 5.32 Å². The van der Waals surface area contributed by atoms with Crippen LogP contribution in [-0.2, 0) is 13.1 Å². The van der Waals surface area contributed by atoms with E-state index in [4.69, 9.17) is 0 Å². The number of hydrogen-bond acceptors (Lipinski definition) is 3. The van der Waals surface area contributed by atoms with Gasteiger partial charge in [0.15, 0.2) is 0 Å². The second-order valence-electron chi connectivity index (χ2n) is 4.86. The third kappa shape index (κ3) is 3.80. The van der Waals surface area contributed by atoms with Crippen LogP contribution in [0.15, 0.2) is 42.5 Å². The number of anilines is 1. The lowest BCUT2D eigenvalue weighted by atomic mass is 10.1. The van der Waals surface area contributed by atoms with Gasteiger partial charge in [-0.15, -0.1) is 0 Å². The van der Waals surface area contributed by atoms with Gasteiger partial charge >= 0.3 is 0 Å². The third-order valence-corrected chi connectivity index (χ3v) is 3.20. The predicted octanol–water partition coefficient (Wildman–Crippen LogP) is 3.06. The van der Waals surface area contributed by atoms with E-state index < -0.39 is 0 Å². The molecule has 3 nitrogen and oxygen atoms in total. The monoisotopic (exact) mass is 255 g/mol. The first-order valence-corrected chi connectivity index (χ1v) is 6.56. The van der Waals surface area contributed by atoms with Gasteiger partial charge in [-0.25, -0.2) is 4.98 Å². The highest BCUT2D eigenvalue weighted by Gasteiger charge is 2.05. The van der Waals surface area contributed by atoms with Gasteiger partial charge in [-0.2, -0.15) is 0 Å². The number of aryl methyl sites for hydroxylation is 1. The number of pyridine rings is 1. The smallest absolute Gasteiger partial charge is 0.126 e. The molecule has 1 aromatic heterocycles. The summed E-state index contributed by atoms with van der Waals surface area (Å²) in [5.41, 5.74) is 3.80. The van der Waals surface area contributed by atoms with Crippen molar-refractivity contribution in [3.8, 4) is 0 Å². The lowest BCUT2D eigenvalue weighted by molar-refractivity contribution is 0.314. The van der Waals surface area contributed by atoms with Crippen LogP contribution in [0.1, 0.15) is 16.8 Å². The van der Waals surface area contributed by atoms with Gasteiger partial charge in [-0.05, 0) is 37.2 Å². The average Bonchev–Trinajstić information content (AvgIpc) is 2.41. The van der Waals surface area contributed by atoms with E-state index in [1.54, 1.807) is 0 Å². The first-order chi connectivity index (χ1) is 9.19. The second kappa shape index (κ2) is 6.34. The molecule has 0 amide bonds. The Kier molecular flexibility index (Phi) is 4.53. The highest BCUT2D eigenvalue weighted by Crippen LogP contribution is 2.12. The number of rotatable bonds is 5. The zero-order chi connectivity index (χ0) is 13.7. The van der Waals surface area contributed by atoms with E-state index in [9.17, 15) is 0 Å². The van der Waals surface area contributed by atoms with Crippen LogP contribution in [0.5, 0.6) is 0 Å². The predicted molar refractivity (Wildman–Crippen MR) is 80.1 cm³/mol. The standard InChI is InChI=1S/C16H21N3/c1-13-7-4-5-8-14(13)11-19(3)12-15-9-6-10-16(17-2)18-15/h4-10H,11-12H2,1-3H3,(H,17,18). The molecule has 0 aliphatic heterocycles. The van der Waals surface area contributed by atoms with Crippen molar-refractivity contribution in [2.75, 3.05) is 19.4 Å². The van der Waals surface area contributed by atoms with E-state index in [2.05, 4.69) is 59.5 Å². The zero-order valence-electron chi connectivity index (χ0n) is 11.9. The van der Waals surface area contributed by atoms with E-state index in [1.807, 2.05) is 19.2 Å². The third-order valence-electron chi connectivity index (χ3n) is 3.20. The van der Waals surface area contributed by atoms with Gasteiger partial charge < -0.3 is 5.32 Å². The highest BCUT2D eigenvalue weighted by atomic mass is 15.1. The fourth-order valence-corrected chi connectivity index (χ4v) is 2.12. The van der Waals surface area contributed by atoms with Crippen LogP contribution in [0.4, 0.5) is 5.82 Å². The van der Waals surface area contributed by atoms with Gasteiger partial charge in [0.1, 0.15) is 5.82 Å². The van der Waals surface area contributed by atoms with Crippen molar-refractivity contribution in [2.45, 2.75) is 20.0 Å². The minimum absolute atomic E-state index is 0.851. The number of nitrogens with zero attached hydrogens (tertiary/aromatic N) is 2. The van der Waals surface area contributed by atoms with Crippen LogP contribution >= 0.6 is 0 Å². The summed E-state index contributed by atoms with van der Waals surface area (Å²) in [6.45, 7) is 3.95. The largest absolute Gasteiger partial charge is 0.373 e. The molecule has 0 radical (unpaired) electrons. The van der Waals surface area contributed by atoms with E-state index in [0.717, 1.165) is 24.6 Å². The second-order valence-corrected chi connectivity index (χ2v) is 4.86. The number of hydrogen-bond donors (Lipinski definition) is 1. The first kappa shape index (κ1) is 13.6. The average molecular weight is 255 g/mol. The van der Waals surface area contributed by atoms with E-state index in [-0.39, 0.29) is 0 Å². The Hall–Kier alpha value is -1.87. The summed E-state index contributed by atoms with van der Waals surface area (Å²) in [5.74, 6) is 0.918. The summed E-state index contributed by atoms with van der Waals surface area (Å²) < 4.78 is 0. The molecule has 0 atom stereocenters. The SMILES string of the molecule is CNc1cccc(CN(C)Cc2ccccc2C)n1. The molecule has 0 unspecified atom stereocenters. The van der Waals surface area contributed by atoms with Crippen LogP contribution in [0, 0.1) is 6.92 Å². The zero-order valence-corrected chi connectivity index (χ0v) is 11.9. The number of benzene rings is 1. The normalized spacial score (nSPS) is 10.7. The summed E-state index contributed by atoms with van der Waals surface area (Å²) in [7, 11) is 4.02. The van der Waals surface area contributed by atoms with Crippen molar-refractivity contribution < 1.29 is 0 Å². The fourth-order valence-electron chi connectivity index (χ4n) is 2.12. The molecule has 2 rings (SSSR count). The Balaban J connectivity index is 2.01. The molecule has 1 heterocycles. The molecule has 0 fully saturated rings. The molecule has 0 aliphatic carbocycles. The van der Waals surface area contributed by atoms with E-state index >= 15 is 0 Å². The molecule has 1 aromatic carbocycles. The summed E-state index contributed by atoms with van der Waals surface area (Å²) in [5, 5.41) is 3.07. The summed E-state index contributed by atoms with van der Waals surface area (Å²) in [6.07, 6.45) is 0. The lowest BCUT2D eigenvalue weighted by Gasteiger charge is -2.18. The molecule has 100 valence electrons. The number of aromatic nitrogens is 1. The van der Waals surface area contributed by atoms with Crippen molar-refractivity contribution in [3.63, 3.8) is 0 Å². The molecule has 1 N–H and O–H groups in total. The maximum Gasteiger partial charge on any atom is 0.126 e. The molecule has 0 spiro atoms. The van der Waals surface area contributed by atoms with Crippen molar-refractivity contribution >= 4 is 5.82 Å². The molecule has 0 aliphatic rings. The van der Waals surface area contributed by atoms with Crippen molar-refractivity contribution in [1.82, 2.24) is 9.88 Å². The summed E-state index contributed by atoms with van der Waals surface area (Å²) >= 11 is 0. The minimum atomic E-state index is 0.851. The van der Waals surface area contributed by atoms with E-state index in [1.165, 1.54) is 11.1 Å². The van der Waals surface area contributed by atoms with Gasteiger partial charge in [0, 0.05) is 20.1 Å². The van der Waals surface area contributed by atoms with Gasteiger partial charge in [-0.1, -0.05) is 30.3 Å². The maximum atomic E-state index is 4.54. The Morgan fingerprint density at radius 1 is 1.05 bits per heavy atom. The van der Waals surface area contributed by atoms with Crippen LogP contribution in [0.2, 0.25) is 0 Å². The maximum absolute atomic E-state index is 4.54. The lowest BCUT2D eigenvalue weighted by Crippen LogP contribution is -2.18.